The first-order valence-corrected chi connectivity index (χ1v) is 11.8. The van der Waals surface area contributed by atoms with Crippen LogP contribution in [0.5, 0.6) is 11.5 Å². The second-order valence-electron chi connectivity index (χ2n) is 8.14. The molecule has 7 nitrogen and oxygen atoms in total. The summed E-state index contributed by atoms with van der Waals surface area (Å²) in [5.41, 5.74) is 1.36. The number of benzene rings is 1. The zero-order valence-electron chi connectivity index (χ0n) is 18.9. The number of anilines is 2. The van der Waals surface area contributed by atoms with Crippen LogP contribution in [0, 0.1) is 19.8 Å². The monoisotopic (exact) mass is 474 g/mol. The Kier molecular flexibility index (Phi) is 6.44. The molecule has 0 saturated carbocycles. The van der Waals surface area contributed by atoms with Crippen LogP contribution in [-0.4, -0.2) is 43.2 Å². The summed E-state index contributed by atoms with van der Waals surface area (Å²) in [6, 6.07) is 3.28. The number of hydrogen-bond acceptors (Lipinski definition) is 7. The molecule has 1 aromatic carbocycles. The van der Waals surface area contributed by atoms with Crippen LogP contribution in [0.2, 0.25) is 5.02 Å². The van der Waals surface area contributed by atoms with E-state index in [0.717, 1.165) is 53.4 Å². The molecule has 3 heterocycles. The minimum absolute atomic E-state index is 0.235. The molecule has 32 heavy (non-hydrogen) atoms. The molecule has 2 aromatic heterocycles. The molecule has 0 spiro atoms. The van der Waals surface area contributed by atoms with Crippen LogP contribution in [-0.2, 0) is 0 Å². The van der Waals surface area contributed by atoms with Crippen molar-refractivity contribution in [1.29, 1.82) is 0 Å². The van der Waals surface area contributed by atoms with Gasteiger partial charge in [-0.15, -0.1) is 11.3 Å². The molecule has 0 unspecified atom stereocenters. The summed E-state index contributed by atoms with van der Waals surface area (Å²) in [4.78, 5) is 26.4. The van der Waals surface area contributed by atoms with Gasteiger partial charge in [0.05, 0.1) is 35.2 Å². The van der Waals surface area contributed by atoms with E-state index in [-0.39, 0.29) is 5.91 Å². The lowest BCUT2D eigenvalue weighted by atomic mass is 9.99. The maximum absolute atomic E-state index is 13.3. The number of fused-ring (bicyclic) bond motifs is 1. The number of methoxy groups -OCH3 is 2. The summed E-state index contributed by atoms with van der Waals surface area (Å²) in [7, 11) is 3.07. The van der Waals surface area contributed by atoms with Crippen LogP contribution in [0.1, 0.15) is 40.8 Å². The summed E-state index contributed by atoms with van der Waals surface area (Å²) >= 11 is 7.65. The third-order valence-corrected chi connectivity index (χ3v) is 7.37. The van der Waals surface area contributed by atoms with E-state index in [1.165, 1.54) is 25.6 Å². The fraction of sp³-hybridized carbons (Fsp3) is 0.435. The molecule has 4 rings (SSSR count). The third-order valence-electron chi connectivity index (χ3n) is 5.89. The van der Waals surface area contributed by atoms with Crippen molar-refractivity contribution in [3.8, 4) is 11.5 Å². The minimum atomic E-state index is -0.235. The molecule has 1 saturated heterocycles. The Bertz CT molecular complexity index is 1170. The highest BCUT2D eigenvalue weighted by Gasteiger charge is 2.25. The van der Waals surface area contributed by atoms with E-state index in [0.29, 0.717) is 32.9 Å². The third kappa shape index (κ3) is 4.21. The molecule has 0 radical (unpaired) electrons. The van der Waals surface area contributed by atoms with Crippen LogP contribution >= 0.6 is 22.9 Å². The van der Waals surface area contributed by atoms with Crippen molar-refractivity contribution in [2.75, 3.05) is 37.5 Å². The van der Waals surface area contributed by atoms with Gasteiger partial charge in [0.1, 0.15) is 28.0 Å². The Balaban J connectivity index is 1.71. The molecule has 0 atom stereocenters. The van der Waals surface area contributed by atoms with Crippen LogP contribution in [0.15, 0.2) is 12.1 Å². The molecular weight excluding hydrogens is 448 g/mol. The maximum atomic E-state index is 13.3. The summed E-state index contributed by atoms with van der Waals surface area (Å²) in [5.74, 6) is 3.07. The molecule has 0 bridgehead atoms. The smallest absolute Gasteiger partial charge is 0.266 e. The highest BCUT2D eigenvalue weighted by molar-refractivity contribution is 7.20. The summed E-state index contributed by atoms with van der Waals surface area (Å²) in [6.07, 6.45) is 2.28. The number of nitrogens with one attached hydrogen (secondary N) is 1. The van der Waals surface area contributed by atoms with Gasteiger partial charge in [-0.05, 0) is 44.2 Å². The number of piperidine rings is 1. The lowest BCUT2D eigenvalue weighted by molar-refractivity contribution is 0.102. The van der Waals surface area contributed by atoms with E-state index in [1.54, 1.807) is 12.1 Å². The van der Waals surface area contributed by atoms with Crippen LogP contribution < -0.4 is 19.7 Å². The van der Waals surface area contributed by atoms with Gasteiger partial charge >= 0.3 is 0 Å². The van der Waals surface area contributed by atoms with Gasteiger partial charge in [-0.3, -0.25) is 4.79 Å². The number of nitrogens with zero attached hydrogens (tertiary/aromatic N) is 3. The normalized spacial score (nSPS) is 14.6. The number of aryl methyl sites for hydroxylation is 2. The molecule has 1 fully saturated rings. The lowest BCUT2D eigenvalue weighted by Gasteiger charge is -2.31. The zero-order valence-corrected chi connectivity index (χ0v) is 20.5. The number of carbonyl (C=O) groups excluding carboxylic acids is 1. The molecule has 0 aliphatic carbocycles. The molecule has 170 valence electrons. The van der Waals surface area contributed by atoms with Crippen molar-refractivity contribution in [3.63, 3.8) is 0 Å². The van der Waals surface area contributed by atoms with Gasteiger partial charge in [-0.2, -0.15) is 0 Å². The predicted molar refractivity (Wildman–Crippen MR) is 130 cm³/mol. The van der Waals surface area contributed by atoms with Crippen molar-refractivity contribution in [2.24, 2.45) is 5.92 Å². The molecule has 9 heteroatoms. The fourth-order valence-electron chi connectivity index (χ4n) is 4.02. The molecule has 1 amide bonds. The van der Waals surface area contributed by atoms with E-state index in [2.05, 4.69) is 22.1 Å². The molecular formula is C23H27ClN4O3S. The first-order valence-electron chi connectivity index (χ1n) is 10.6. The second kappa shape index (κ2) is 9.11. The van der Waals surface area contributed by atoms with Crippen molar-refractivity contribution < 1.29 is 14.3 Å². The highest BCUT2D eigenvalue weighted by Crippen LogP contribution is 2.39. The topological polar surface area (TPSA) is 76.6 Å². The number of thiophene rings is 1. The average Bonchev–Trinajstić information content (AvgIpc) is 3.10. The largest absolute Gasteiger partial charge is 0.495 e. The Morgan fingerprint density at radius 1 is 1.16 bits per heavy atom. The summed E-state index contributed by atoms with van der Waals surface area (Å²) in [5, 5.41) is 4.28. The van der Waals surface area contributed by atoms with E-state index < -0.39 is 0 Å². The number of amides is 1. The first-order chi connectivity index (χ1) is 15.3. The second-order valence-corrected chi connectivity index (χ2v) is 9.55. The van der Waals surface area contributed by atoms with Crippen LogP contribution in [0.4, 0.5) is 11.5 Å². The van der Waals surface area contributed by atoms with Crippen LogP contribution in [0.3, 0.4) is 0 Å². The standard InChI is InChI=1S/C23H27ClN4O3S/c1-12-6-8-28(9-7-12)21-19-13(2)20(32-23(19)26-14(3)25-21)22(29)27-16-10-15(24)17(30-4)11-18(16)31-5/h10-12H,6-9H2,1-5H3,(H,27,29). The fourth-order valence-corrected chi connectivity index (χ4v) is 5.38. The number of aromatic nitrogens is 2. The number of ether oxygens (including phenoxy) is 2. The van der Waals surface area contributed by atoms with Crippen molar-refractivity contribution >= 4 is 50.6 Å². The van der Waals surface area contributed by atoms with E-state index in [4.69, 9.17) is 26.1 Å². The van der Waals surface area contributed by atoms with Gasteiger partial charge in [0.25, 0.3) is 5.91 Å². The minimum Gasteiger partial charge on any atom is -0.495 e. The lowest BCUT2D eigenvalue weighted by Crippen LogP contribution is -2.33. The van der Waals surface area contributed by atoms with Crippen molar-refractivity contribution in [1.82, 2.24) is 9.97 Å². The number of hydrogen-bond donors (Lipinski definition) is 1. The Morgan fingerprint density at radius 3 is 2.50 bits per heavy atom. The van der Waals surface area contributed by atoms with Crippen molar-refractivity contribution in [3.05, 3.63) is 33.4 Å². The summed E-state index contributed by atoms with van der Waals surface area (Å²) in [6.45, 7) is 8.07. The molecule has 1 N–H and O–H groups in total. The average molecular weight is 475 g/mol. The highest BCUT2D eigenvalue weighted by atomic mass is 35.5. The molecule has 1 aliphatic rings. The SMILES string of the molecule is COc1cc(OC)c(NC(=O)c2sc3nc(C)nc(N4CCC(C)CC4)c3c2C)cc1Cl. The quantitative estimate of drug-likeness (QED) is 0.528. The van der Waals surface area contributed by atoms with E-state index in [9.17, 15) is 4.79 Å². The number of halogens is 1. The number of carbonyl (C=O) groups is 1. The van der Waals surface area contributed by atoms with Gasteiger partial charge < -0.3 is 19.7 Å². The Labute approximate surface area is 196 Å². The van der Waals surface area contributed by atoms with Gasteiger partial charge in [-0.1, -0.05) is 18.5 Å². The maximum Gasteiger partial charge on any atom is 0.266 e. The van der Waals surface area contributed by atoms with Crippen LogP contribution in [0.25, 0.3) is 10.2 Å². The zero-order chi connectivity index (χ0) is 23.0. The van der Waals surface area contributed by atoms with E-state index >= 15 is 0 Å². The van der Waals surface area contributed by atoms with Gasteiger partial charge in [-0.25, -0.2) is 9.97 Å². The molecule has 3 aromatic rings. The van der Waals surface area contributed by atoms with Gasteiger partial charge in [0.15, 0.2) is 0 Å². The molecule has 1 aliphatic heterocycles. The first kappa shape index (κ1) is 22.6. The van der Waals surface area contributed by atoms with Gasteiger partial charge in [0.2, 0.25) is 0 Å². The van der Waals surface area contributed by atoms with Gasteiger partial charge in [0, 0.05) is 19.2 Å². The Morgan fingerprint density at radius 2 is 1.84 bits per heavy atom. The van der Waals surface area contributed by atoms with E-state index in [1.807, 2.05) is 13.8 Å². The Hall–Kier alpha value is -2.58. The predicted octanol–water partition coefficient (Wildman–Crippen LogP) is 5.47. The van der Waals surface area contributed by atoms with Crippen molar-refractivity contribution in [2.45, 2.75) is 33.6 Å². The summed E-state index contributed by atoms with van der Waals surface area (Å²) < 4.78 is 10.6. The number of rotatable bonds is 5.